The first kappa shape index (κ1) is 26.1. The summed E-state index contributed by atoms with van der Waals surface area (Å²) in [5, 5.41) is 2.62. The highest BCUT2D eigenvalue weighted by Gasteiger charge is 2.39. The van der Waals surface area contributed by atoms with Crippen molar-refractivity contribution in [1.29, 1.82) is 0 Å². The van der Waals surface area contributed by atoms with E-state index in [1.54, 1.807) is 12.1 Å². The second kappa shape index (κ2) is 10.9. The van der Waals surface area contributed by atoms with Gasteiger partial charge in [0.2, 0.25) is 0 Å². The van der Waals surface area contributed by atoms with Crippen molar-refractivity contribution in [2.75, 3.05) is 5.32 Å². The fraction of sp³-hybridized carbons (Fsp3) is 0.433. The smallest absolute Gasteiger partial charge is 0.338 e. The molecule has 1 saturated carbocycles. The fourth-order valence-corrected chi connectivity index (χ4v) is 5.14. The average molecular weight is 497 g/mol. The molecule has 0 radical (unpaired) electrons. The van der Waals surface area contributed by atoms with Gasteiger partial charge in [-0.25, -0.2) is 0 Å². The van der Waals surface area contributed by atoms with Crippen LogP contribution < -0.4 is 5.32 Å². The van der Waals surface area contributed by atoms with E-state index in [4.69, 9.17) is 0 Å². The summed E-state index contributed by atoms with van der Waals surface area (Å²) in [6.07, 6.45) is 0.888. The summed E-state index contributed by atoms with van der Waals surface area (Å²) in [7, 11) is 0. The molecule has 3 nitrogen and oxygen atoms in total. The molecule has 4 rings (SSSR count). The van der Waals surface area contributed by atoms with Crippen LogP contribution in [0.25, 0.3) is 0 Å². The molecule has 6 heteroatoms. The molecule has 0 bridgehead atoms. The lowest BCUT2D eigenvalue weighted by molar-refractivity contribution is -0.136. The maximum atomic E-state index is 13.8. The monoisotopic (exact) mass is 496 g/mol. The third-order valence-corrected chi connectivity index (χ3v) is 7.48. The summed E-state index contributed by atoms with van der Waals surface area (Å²) in [5.74, 6) is 0.273. The van der Waals surface area contributed by atoms with Crippen molar-refractivity contribution in [3.05, 3.63) is 88.7 Å². The molecule has 2 aromatic carbocycles. The number of nitrogens with zero attached hydrogens (tertiary/aromatic N) is 1. The van der Waals surface area contributed by atoms with Crippen molar-refractivity contribution in [2.45, 2.75) is 77.4 Å². The largest absolute Gasteiger partial charge is 0.418 e. The number of aryl methyl sites for hydroxylation is 2. The van der Waals surface area contributed by atoms with Crippen LogP contribution in [0.5, 0.6) is 0 Å². The molecule has 3 atom stereocenters. The number of hydrogen-bond donors (Lipinski definition) is 1. The molecule has 1 unspecified atom stereocenters. The molecule has 3 aromatic rings. The van der Waals surface area contributed by atoms with Crippen molar-refractivity contribution in [1.82, 2.24) is 4.57 Å². The zero-order valence-electron chi connectivity index (χ0n) is 21.2. The van der Waals surface area contributed by atoms with E-state index in [1.165, 1.54) is 11.6 Å². The number of carbonyl (C=O) groups is 1. The van der Waals surface area contributed by atoms with E-state index in [9.17, 15) is 18.0 Å². The Labute approximate surface area is 211 Å². The Morgan fingerprint density at radius 2 is 1.81 bits per heavy atom. The van der Waals surface area contributed by atoms with Crippen LogP contribution >= 0.6 is 0 Å². The van der Waals surface area contributed by atoms with E-state index in [0.29, 0.717) is 11.6 Å². The lowest BCUT2D eigenvalue weighted by atomic mass is 10.0. The summed E-state index contributed by atoms with van der Waals surface area (Å²) >= 11 is 0. The molecule has 1 amide bonds. The minimum atomic E-state index is -4.55. The molecule has 1 fully saturated rings. The molecule has 1 aliphatic rings. The van der Waals surface area contributed by atoms with Crippen LogP contribution in [0.15, 0.2) is 60.7 Å². The van der Waals surface area contributed by atoms with Gasteiger partial charge in [-0.3, -0.25) is 4.79 Å². The van der Waals surface area contributed by atoms with Gasteiger partial charge in [-0.05, 0) is 86.3 Å². The number of aromatic nitrogens is 1. The number of hydrogen-bond acceptors (Lipinski definition) is 1. The van der Waals surface area contributed by atoms with E-state index in [1.807, 2.05) is 42.7 Å². The number of amides is 1. The third-order valence-electron chi connectivity index (χ3n) is 7.48. The third kappa shape index (κ3) is 5.85. The molecule has 0 spiro atoms. The van der Waals surface area contributed by atoms with E-state index in [2.05, 4.69) is 24.4 Å². The van der Waals surface area contributed by atoms with Crippen LogP contribution in [0.1, 0.15) is 91.3 Å². The highest BCUT2D eigenvalue weighted by atomic mass is 19.4. The molecule has 1 heterocycles. The second-order valence-corrected chi connectivity index (χ2v) is 9.94. The minimum Gasteiger partial charge on any atom is -0.338 e. The van der Waals surface area contributed by atoms with Crippen molar-refractivity contribution >= 4 is 11.6 Å². The zero-order chi connectivity index (χ0) is 25.9. The summed E-state index contributed by atoms with van der Waals surface area (Å²) in [6, 6.07) is 18.2. The van der Waals surface area contributed by atoms with Crippen molar-refractivity contribution in [2.24, 2.45) is 5.92 Å². The highest BCUT2D eigenvalue weighted by molar-refractivity contribution is 6.04. The first-order chi connectivity index (χ1) is 17.2. The van der Waals surface area contributed by atoms with Gasteiger partial charge in [-0.1, -0.05) is 56.7 Å². The summed E-state index contributed by atoms with van der Waals surface area (Å²) in [5.41, 5.74) is 2.59. The zero-order valence-corrected chi connectivity index (χ0v) is 21.2. The van der Waals surface area contributed by atoms with E-state index in [0.717, 1.165) is 55.8 Å². The number of benzene rings is 2. The van der Waals surface area contributed by atoms with E-state index < -0.39 is 17.6 Å². The highest BCUT2D eigenvalue weighted by Crippen LogP contribution is 2.50. The van der Waals surface area contributed by atoms with Gasteiger partial charge >= 0.3 is 6.18 Å². The topological polar surface area (TPSA) is 34.0 Å². The molecule has 0 aliphatic heterocycles. The quantitative estimate of drug-likeness (QED) is 0.300. The minimum absolute atomic E-state index is 0.0534. The number of anilines is 1. The maximum Gasteiger partial charge on any atom is 0.418 e. The molecular formula is C30H35F3N2O. The lowest BCUT2D eigenvalue weighted by Crippen LogP contribution is -2.22. The van der Waals surface area contributed by atoms with Crippen LogP contribution in [0, 0.1) is 5.92 Å². The molecule has 36 heavy (non-hydrogen) atoms. The summed E-state index contributed by atoms with van der Waals surface area (Å²) < 4.78 is 43.3. The number of alkyl halides is 3. The standard InChI is InChI=1S/C30H35F3N2O/c1-4-20(3)35-24(13-9-12-21-10-7-6-8-11-21)15-17-28(35)29(36)34-27-19-23(25-18-22(25)5-2)14-16-26(27)30(31,32)33/h6-8,10-11,14-17,19-20,22,25H,4-5,9,12-13,18H2,1-3H3,(H,34,36)/t20?,22-,25+/m1/s1. The predicted octanol–water partition coefficient (Wildman–Crippen LogP) is 8.42. The van der Waals surface area contributed by atoms with Gasteiger partial charge < -0.3 is 9.88 Å². The van der Waals surface area contributed by atoms with Gasteiger partial charge in [0.05, 0.1) is 11.3 Å². The van der Waals surface area contributed by atoms with Crippen molar-refractivity contribution < 1.29 is 18.0 Å². The Morgan fingerprint density at radius 3 is 2.44 bits per heavy atom. The molecule has 0 saturated heterocycles. The summed E-state index contributed by atoms with van der Waals surface area (Å²) in [6.45, 7) is 6.18. The Bertz CT molecular complexity index is 1180. The van der Waals surface area contributed by atoms with Gasteiger partial charge in [-0.15, -0.1) is 0 Å². The first-order valence-corrected chi connectivity index (χ1v) is 13.0. The van der Waals surface area contributed by atoms with Gasteiger partial charge in [0.1, 0.15) is 5.69 Å². The molecular weight excluding hydrogens is 461 g/mol. The SMILES string of the molecule is CCC(C)n1c(CCCc2ccccc2)ccc1C(=O)Nc1cc([C@H]2C[C@H]2CC)ccc1C(F)(F)F. The van der Waals surface area contributed by atoms with Crippen molar-refractivity contribution in [3.63, 3.8) is 0 Å². The van der Waals surface area contributed by atoms with Crippen molar-refractivity contribution in [3.8, 4) is 0 Å². The number of rotatable bonds is 10. The fourth-order valence-electron chi connectivity index (χ4n) is 5.14. The van der Waals surface area contributed by atoms with Crippen LogP contribution in [-0.2, 0) is 19.0 Å². The van der Waals surface area contributed by atoms with Crippen LogP contribution in [0.4, 0.5) is 18.9 Å². The molecule has 192 valence electrons. The second-order valence-electron chi connectivity index (χ2n) is 9.94. The van der Waals surface area contributed by atoms with Crippen LogP contribution in [0.2, 0.25) is 0 Å². The Hall–Kier alpha value is -3.02. The number of halogens is 3. The Kier molecular flexibility index (Phi) is 7.91. The van der Waals surface area contributed by atoms with Crippen LogP contribution in [-0.4, -0.2) is 10.5 Å². The molecule has 1 aliphatic carbocycles. The van der Waals surface area contributed by atoms with Gasteiger partial charge in [0, 0.05) is 11.7 Å². The molecule has 1 N–H and O–H groups in total. The maximum absolute atomic E-state index is 13.8. The molecule has 1 aromatic heterocycles. The Morgan fingerprint density at radius 1 is 1.06 bits per heavy atom. The number of carbonyl (C=O) groups excluding carboxylic acids is 1. The van der Waals surface area contributed by atoms with Crippen LogP contribution in [0.3, 0.4) is 0 Å². The lowest BCUT2D eigenvalue weighted by Gasteiger charge is -2.20. The normalized spacial score (nSPS) is 18.2. The average Bonchev–Trinajstić information content (AvgIpc) is 3.54. The predicted molar refractivity (Wildman–Crippen MR) is 138 cm³/mol. The van der Waals surface area contributed by atoms with Gasteiger partial charge in [0.15, 0.2) is 0 Å². The first-order valence-electron chi connectivity index (χ1n) is 13.0. The summed E-state index contributed by atoms with van der Waals surface area (Å²) in [4.78, 5) is 13.4. The van der Waals surface area contributed by atoms with E-state index in [-0.39, 0.29) is 17.6 Å². The van der Waals surface area contributed by atoms with E-state index >= 15 is 0 Å². The van der Waals surface area contributed by atoms with Gasteiger partial charge in [0.25, 0.3) is 5.91 Å². The van der Waals surface area contributed by atoms with Gasteiger partial charge in [-0.2, -0.15) is 13.2 Å². The number of nitrogens with one attached hydrogen (secondary N) is 1. The Balaban J connectivity index is 1.57.